The average Bonchev–Trinajstić information content (AvgIpc) is 2.66. The van der Waals surface area contributed by atoms with Crippen molar-refractivity contribution < 1.29 is 13.5 Å². The van der Waals surface area contributed by atoms with Gasteiger partial charge in [0.1, 0.15) is 0 Å². The molecule has 0 bridgehead atoms. The summed E-state index contributed by atoms with van der Waals surface area (Å²) in [6, 6.07) is 3.33. The van der Waals surface area contributed by atoms with Crippen LogP contribution in [0.1, 0.15) is 83.1 Å². The molecule has 2 aliphatic rings. The van der Waals surface area contributed by atoms with Gasteiger partial charge < -0.3 is 4.74 Å². The number of ether oxygens (including phenoxy) is 1. The molecule has 0 aromatic heterocycles. The van der Waals surface area contributed by atoms with Crippen molar-refractivity contribution in [2.45, 2.75) is 77.6 Å². The Labute approximate surface area is 151 Å². The van der Waals surface area contributed by atoms with E-state index >= 15 is 0 Å². The summed E-state index contributed by atoms with van der Waals surface area (Å²) < 4.78 is 33.7. The van der Waals surface area contributed by atoms with Gasteiger partial charge in [0.2, 0.25) is 5.82 Å². The van der Waals surface area contributed by atoms with Crippen molar-refractivity contribution in [2.75, 3.05) is 6.61 Å². The second-order valence-corrected chi connectivity index (χ2v) is 8.01. The van der Waals surface area contributed by atoms with E-state index in [9.17, 15) is 8.78 Å². The van der Waals surface area contributed by atoms with Gasteiger partial charge >= 0.3 is 0 Å². The molecule has 0 N–H and O–H groups in total. The van der Waals surface area contributed by atoms with Gasteiger partial charge in [-0.2, -0.15) is 4.39 Å². The maximum atomic E-state index is 14.4. The SMILES string of the molecule is CCOc1ccc(C2CCC(C3CCC(CC)CC3)CC2)c(F)c1F. The van der Waals surface area contributed by atoms with Crippen molar-refractivity contribution >= 4 is 0 Å². The number of hydrogen-bond acceptors (Lipinski definition) is 1. The van der Waals surface area contributed by atoms with Gasteiger partial charge in [-0.25, -0.2) is 4.39 Å². The third-order valence-corrected chi connectivity index (χ3v) is 6.72. The minimum Gasteiger partial charge on any atom is -0.491 e. The predicted molar refractivity (Wildman–Crippen MR) is 98.0 cm³/mol. The first-order chi connectivity index (χ1) is 12.1. The van der Waals surface area contributed by atoms with E-state index < -0.39 is 11.6 Å². The molecule has 0 saturated heterocycles. The van der Waals surface area contributed by atoms with Crippen LogP contribution in [-0.2, 0) is 0 Å². The van der Waals surface area contributed by atoms with E-state index in [-0.39, 0.29) is 11.7 Å². The zero-order valence-corrected chi connectivity index (χ0v) is 15.7. The summed E-state index contributed by atoms with van der Waals surface area (Å²) in [4.78, 5) is 0. The molecule has 1 aromatic carbocycles. The number of hydrogen-bond donors (Lipinski definition) is 0. The Hall–Kier alpha value is -1.12. The highest BCUT2D eigenvalue weighted by molar-refractivity contribution is 5.33. The third kappa shape index (κ3) is 4.17. The van der Waals surface area contributed by atoms with Gasteiger partial charge in [0.25, 0.3) is 0 Å². The fourth-order valence-corrected chi connectivity index (χ4v) is 5.10. The average molecular weight is 350 g/mol. The van der Waals surface area contributed by atoms with E-state index in [0.717, 1.165) is 30.6 Å². The molecule has 3 rings (SSSR count). The first kappa shape index (κ1) is 18.7. The van der Waals surface area contributed by atoms with Gasteiger partial charge in [-0.3, -0.25) is 0 Å². The van der Waals surface area contributed by atoms with Crippen molar-refractivity contribution in [3.63, 3.8) is 0 Å². The Kier molecular flexibility index (Phi) is 6.35. The zero-order chi connectivity index (χ0) is 17.8. The largest absolute Gasteiger partial charge is 0.491 e. The molecule has 2 saturated carbocycles. The van der Waals surface area contributed by atoms with Crippen molar-refractivity contribution in [2.24, 2.45) is 17.8 Å². The minimum absolute atomic E-state index is 0.0325. The lowest BCUT2D eigenvalue weighted by molar-refractivity contribution is 0.158. The van der Waals surface area contributed by atoms with Crippen molar-refractivity contribution in [1.82, 2.24) is 0 Å². The number of benzene rings is 1. The summed E-state index contributed by atoms with van der Waals surface area (Å²) in [5.41, 5.74) is 0.550. The quantitative estimate of drug-likeness (QED) is 0.564. The summed E-state index contributed by atoms with van der Waals surface area (Å²) in [5.74, 6) is 1.28. The van der Waals surface area contributed by atoms with Gasteiger partial charge in [-0.1, -0.05) is 32.3 Å². The van der Waals surface area contributed by atoms with E-state index in [1.165, 1.54) is 44.9 Å². The molecule has 25 heavy (non-hydrogen) atoms. The van der Waals surface area contributed by atoms with Gasteiger partial charge in [-0.05, 0) is 80.8 Å². The molecule has 0 aliphatic heterocycles. The standard InChI is InChI=1S/C22H32F2O/c1-3-15-5-7-16(8-6-15)17-9-11-18(12-10-17)19-13-14-20(25-4-2)22(24)21(19)23/h13-18H,3-12H2,1-2H3. The summed E-state index contributed by atoms with van der Waals surface area (Å²) in [7, 11) is 0. The highest BCUT2D eigenvalue weighted by Gasteiger charge is 2.32. The summed E-state index contributed by atoms with van der Waals surface area (Å²) >= 11 is 0. The second-order valence-electron chi connectivity index (χ2n) is 8.01. The molecule has 0 spiro atoms. The zero-order valence-electron chi connectivity index (χ0n) is 15.7. The van der Waals surface area contributed by atoms with Crippen LogP contribution in [0.25, 0.3) is 0 Å². The van der Waals surface area contributed by atoms with Gasteiger partial charge in [-0.15, -0.1) is 0 Å². The molecule has 3 heteroatoms. The lowest BCUT2D eigenvalue weighted by atomic mass is 9.68. The highest BCUT2D eigenvalue weighted by Crippen LogP contribution is 2.45. The topological polar surface area (TPSA) is 9.23 Å². The normalized spacial score (nSPS) is 30.2. The van der Waals surface area contributed by atoms with Crippen LogP contribution in [0, 0.1) is 29.4 Å². The van der Waals surface area contributed by atoms with Crippen LogP contribution in [0.5, 0.6) is 5.75 Å². The van der Waals surface area contributed by atoms with Crippen molar-refractivity contribution in [3.05, 3.63) is 29.3 Å². The monoisotopic (exact) mass is 350 g/mol. The Balaban J connectivity index is 1.58. The summed E-state index contributed by atoms with van der Waals surface area (Å²) in [6.45, 7) is 4.43. The molecule has 0 unspecified atom stereocenters. The maximum Gasteiger partial charge on any atom is 0.200 e. The molecule has 2 fully saturated rings. The van der Waals surface area contributed by atoms with E-state index in [0.29, 0.717) is 12.2 Å². The fraction of sp³-hybridized carbons (Fsp3) is 0.727. The molecular weight excluding hydrogens is 318 g/mol. The molecule has 2 aliphatic carbocycles. The van der Waals surface area contributed by atoms with Gasteiger partial charge in [0.15, 0.2) is 11.6 Å². The lowest BCUT2D eigenvalue weighted by Gasteiger charge is -2.38. The predicted octanol–water partition coefficient (Wildman–Crippen LogP) is 6.85. The Morgan fingerprint density at radius 1 is 0.840 bits per heavy atom. The molecule has 0 atom stereocenters. The number of rotatable bonds is 5. The molecule has 0 radical (unpaired) electrons. The van der Waals surface area contributed by atoms with E-state index in [2.05, 4.69) is 6.92 Å². The summed E-state index contributed by atoms with van der Waals surface area (Å²) in [5, 5.41) is 0. The van der Waals surface area contributed by atoms with Gasteiger partial charge in [0.05, 0.1) is 6.61 Å². The van der Waals surface area contributed by atoms with E-state index in [1.807, 2.05) is 0 Å². The second kappa shape index (κ2) is 8.51. The molecule has 1 aromatic rings. The van der Waals surface area contributed by atoms with E-state index in [1.54, 1.807) is 19.1 Å². The third-order valence-electron chi connectivity index (χ3n) is 6.72. The van der Waals surface area contributed by atoms with Crippen LogP contribution in [0.3, 0.4) is 0 Å². The van der Waals surface area contributed by atoms with Gasteiger partial charge in [0, 0.05) is 0 Å². The van der Waals surface area contributed by atoms with Crippen LogP contribution < -0.4 is 4.74 Å². The molecule has 0 heterocycles. The van der Waals surface area contributed by atoms with E-state index in [4.69, 9.17) is 4.74 Å². The van der Waals surface area contributed by atoms with Crippen LogP contribution in [0.15, 0.2) is 12.1 Å². The molecular formula is C22H32F2O. The summed E-state index contributed by atoms with van der Waals surface area (Å²) in [6.07, 6.45) is 11.2. The first-order valence-electron chi connectivity index (χ1n) is 10.2. The fourth-order valence-electron chi connectivity index (χ4n) is 5.10. The number of halogens is 2. The Morgan fingerprint density at radius 3 is 2.00 bits per heavy atom. The first-order valence-corrected chi connectivity index (χ1v) is 10.2. The highest BCUT2D eigenvalue weighted by atomic mass is 19.2. The minimum atomic E-state index is -0.820. The van der Waals surface area contributed by atoms with Crippen LogP contribution in [0.2, 0.25) is 0 Å². The lowest BCUT2D eigenvalue weighted by Crippen LogP contribution is -2.25. The molecule has 1 nitrogen and oxygen atoms in total. The smallest absolute Gasteiger partial charge is 0.200 e. The Bertz CT molecular complexity index is 555. The molecule has 140 valence electrons. The van der Waals surface area contributed by atoms with Crippen molar-refractivity contribution in [1.29, 1.82) is 0 Å². The van der Waals surface area contributed by atoms with Crippen LogP contribution >= 0.6 is 0 Å². The van der Waals surface area contributed by atoms with Crippen LogP contribution in [0.4, 0.5) is 8.78 Å². The van der Waals surface area contributed by atoms with Crippen molar-refractivity contribution in [3.8, 4) is 5.75 Å². The molecule has 0 amide bonds. The maximum absolute atomic E-state index is 14.4. The Morgan fingerprint density at radius 2 is 1.44 bits per heavy atom. The van der Waals surface area contributed by atoms with Crippen LogP contribution in [-0.4, -0.2) is 6.61 Å².